The fourth-order valence-corrected chi connectivity index (χ4v) is 5.03. The van der Waals surface area contributed by atoms with Gasteiger partial charge in [0.15, 0.2) is 0 Å². The van der Waals surface area contributed by atoms with Gasteiger partial charge in [-0.15, -0.1) is 0 Å². The lowest BCUT2D eigenvalue weighted by Crippen LogP contribution is -2.36. The average Bonchev–Trinajstić information content (AvgIpc) is 3.09. The summed E-state index contributed by atoms with van der Waals surface area (Å²) in [4.78, 5) is 11.9. The molecule has 1 amide bonds. The number of carbonyl (C=O) groups excluding carboxylic acids is 1. The molecule has 7 heteroatoms. The minimum atomic E-state index is -3.90. The first-order valence-corrected chi connectivity index (χ1v) is 10.0. The molecule has 132 valence electrons. The number of hydrogen-bond donors (Lipinski definition) is 1. The van der Waals surface area contributed by atoms with Crippen molar-refractivity contribution in [2.75, 3.05) is 13.1 Å². The van der Waals surface area contributed by atoms with Gasteiger partial charge in [-0.3, -0.25) is 4.79 Å². The standard InChI is InChI=1S/C17H23FN2O3S/c18-15-9-8-13(17(21)19-14-6-2-3-7-14)12-16(15)24(22,23)20-10-4-1-5-11-20/h8-9,12,14H,1-7,10-11H2,(H,19,21). The predicted molar refractivity (Wildman–Crippen MR) is 88.7 cm³/mol. The molecule has 1 N–H and O–H groups in total. The van der Waals surface area contributed by atoms with Crippen LogP contribution in [0.2, 0.25) is 0 Å². The molecule has 1 heterocycles. The average molecular weight is 354 g/mol. The Balaban J connectivity index is 1.84. The summed E-state index contributed by atoms with van der Waals surface area (Å²) in [6.07, 6.45) is 6.59. The molecule has 1 saturated heterocycles. The van der Waals surface area contributed by atoms with Gasteiger partial charge in [0.25, 0.3) is 5.91 Å². The van der Waals surface area contributed by atoms with E-state index in [2.05, 4.69) is 5.32 Å². The summed E-state index contributed by atoms with van der Waals surface area (Å²) in [7, 11) is -3.90. The maximum atomic E-state index is 14.2. The number of rotatable bonds is 4. The van der Waals surface area contributed by atoms with Crippen LogP contribution >= 0.6 is 0 Å². The van der Waals surface area contributed by atoms with Gasteiger partial charge in [-0.05, 0) is 43.9 Å². The Morgan fingerprint density at radius 1 is 1.08 bits per heavy atom. The van der Waals surface area contributed by atoms with Crippen LogP contribution in [0, 0.1) is 5.82 Å². The Morgan fingerprint density at radius 2 is 1.75 bits per heavy atom. The SMILES string of the molecule is O=C(NC1CCCC1)c1ccc(F)c(S(=O)(=O)N2CCCCC2)c1. The Labute approximate surface area is 142 Å². The Bertz CT molecular complexity index is 709. The van der Waals surface area contributed by atoms with Crippen LogP contribution in [-0.4, -0.2) is 37.8 Å². The lowest BCUT2D eigenvalue weighted by molar-refractivity contribution is 0.0937. The zero-order valence-corrected chi connectivity index (χ0v) is 14.4. The monoisotopic (exact) mass is 354 g/mol. The lowest BCUT2D eigenvalue weighted by atomic mass is 10.2. The molecule has 0 radical (unpaired) electrons. The molecule has 2 fully saturated rings. The quantitative estimate of drug-likeness (QED) is 0.904. The van der Waals surface area contributed by atoms with Crippen LogP contribution in [0.25, 0.3) is 0 Å². The van der Waals surface area contributed by atoms with E-state index in [1.807, 2.05) is 0 Å². The van der Waals surface area contributed by atoms with Gasteiger partial charge in [-0.1, -0.05) is 19.3 Å². The highest BCUT2D eigenvalue weighted by molar-refractivity contribution is 7.89. The van der Waals surface area contributed by atoms with Gasteiger partial charge in [0.05, 0.1) is 0 Å². The normalized spacial score (nSPS) is 20.2. The number of amides is 1. The molecule has 0 aromatic heterocycles. The van der Waals surface area contributed by atoms with Crippen LogP contribution in [0.1, 0.15) is 55.3 Å². The molecule has 5 nitrogen and oxygen atoms in total. The highest BCUT2D eigenvalue weighted by Crippen LogP contribution is 2.24. The maximum Gasteiger partial charge on any atom is 0.251 e. The van der Waals surface area contributed by atoms with Crippen molar-refractivity contribution in [3.05, 3.63) is 29.6 Å². The molecule has 2 aliphatic rings. The van der Waals surface area contributed by atoms with E-state index in [0.29, 0.717) is 13.1 Å². The second kappa shape index (κ2) is 7.19. The van der Waals surface area contributed by atoms with Crippen LogP contribution in [0.3, 0.4) is 0 Å². The summed E-state index contributed by atoms with van der Waals surface area (Å²) in [6, 6.07) is 3.71. The van der Waals surface area contributed by atoms with E-state index < -0.39 is 20.7 Å². The van der Waals surface area contributed by atoms with E-state index in [-0.39, 0.29) is 17.5 Å². The van der Waals surface area contributed by atoms with Crippen LogP contribution < -0.4 is 5.32 Å². The van der Waals surface area contributed by atoms with Crippen molar-refractivity contribution >= 4 is 15.9 Å². The van der Waals surface area contributed by atoms with Gasteiger partial charge in [0.1, 0.15) is 10.7 Å². The van der Waals surface area contributed by atoms with Crippen molar-refractivity contribution in [2.45, 2.75) is 55.9 Å². The lowest BCUT2D eigenvalue weighted by Gasteiger charge is -2.26. The smallest absolute Gasteiger partial charge is 0.251 e. The maximum absolute atomic E-state index is 14.2. The summed E-state index contributed by atoms with van der Waals surface area (Å²) >= 11 is 0. The highest BCUT2D eigenvalue weighted by atomic mass is 32.2. The Kier molecular flexibility index (Phi) is 5.20. The van der Waals surface area contributed by atoms with Crippen LogP contribution in [0.15, 0.2) is 23.1 Å². The largest absolute Gasteiger partial charge is 0.349 e. The van der Waals surface area contributed by atoms with Crippen molar-refractivity contribution < 1.29 is 17.6 Å². The zero-order chi connectivity index (χ0) is 17.2. The summed E-state index contributed by atoms with van der Waals surface area (Å²) in [5.41, 5.74) is 0.193. The number of halogens is 1. The second-order valence-electron chi connectivity index (χ2n) is 6.56. The van der Waals surface area contributed by atoms with E-state index >= 15 is 0 Å². The fourth-order valence-electron chi connectivity index (χ4n) is 3.43. The first kappa shape index (κ1) is 17.4. The van der Waals surface area contributed by atoms with Crippen LogP contribution in [0.4, 0.5) is 4.39 Å². The van der Waals surface area contributed by atoms with E-state index in [9.17, 15) is 17.6 Å². The minimum Gasteiger partial charge on any atom is -0.349 e. The van der Waals surface area contributed by atoms with Gasteiger partial charge in [0.2, 0.25) is 10.0 Å². The van der Waals surface area contributed by atoms with Crippen LogP contribution in [0.5, 0.6) is 0 Å². The number of benzene rings is 1. The van der Waals surface area contributed by atoms with Gasteiger partial charge in [-0.25, -0.2) is 12.8 Å². The zero-order valence-electron chi connectivity index (χ0n) is 13.6. The van der Waals surface area contributed by atoms with Gasteiger partial charge in [-0.2, -0.15) is 4.31 Å². The van der Waals surface area contributed by atoms with Crippen LogP contribution in [-0.2, 0) is 10.0 Å². The highest BCUT2D eigenvalue weighted by Gasteiger charge is 2.29. The molecule has 0 atom stereocenters. The Morgan fingerprint density at radius 3 is 2.42 bits per heavy atom. The molecule has 0 spiro atoms. The minimum absolute atomic E-state index is 0.129. The van der Waals surface area contributed by atoms with Gasteiger partial charge >= 0.3 is 0 Å². The van der Waals surface area contributed by atoms with Crippen molar-refractivity contribution in [3.8, 4) is 0 Å². The van der Waals surface area contributed by atoms with E-state index in [1.54, 1.807) is 0 Å². The van der Waals surface area contributed by atoms with Crippen molar-refractivity contribution in [3.63, 3.8) is 0 Å². The molecule has 0 unspecified atom stereocenters. The van der Waals surface area contributed by atoms with Crippen molar-refractivity contribution in [2.24, 2.45) is 0 Å². The first-order valence-electron chi connectivity index (χ1n) is 8.59. The topological polar surface area (TPSA) is 66.5 Å². The molecular formula is C17H23FN2O3S. The molecule has 1 aromatic carbocycles. The van der Waals surface area contributed by atoms with Gasteiger partial charge in [0, 0.05) is 24.7 Å². The second-order valence-corrected chi connectivity index (χ2v) is 8.47. The number of hydrogen-bond acceptors (Lipinski definition) is 3. The van der Waals surface area contributed by atoms with E-state index in [0.717, 1.165) is 51.0 Å². The summed E-state index contributed by atoms with van der Waals surface area (Å²) < 4.78 is 40.8. The third-order valence-corrected chi connectivity index (χ3v) is 6.73. The summed E-state index contributed by atoms with van der Waals surface area (Å²) in [5, 5.41) is 2.90. The third kappa shape index (κ3) is 3.62. The molecule has 24 heavy (non-hydrogen) atoms. The molecule has 1 aliphatic heterocycles. The third-order valence-electron chi connectivity index (χ3n) is 4.82. The fraction of sp³-hybridized carbons (Fsp3) is 0.588. The van der Waals surface area contributed by atoms with Crippen molar-refractivity contribution in [1.29, 1.82) is 0 Å². The molecule has 3 rings (SSSR count). The molecule has 1 aliphatic carbocycles. The number of nitrogens with zero attached hydrogens (tertiary/aromatic N) is 1. The number of carbonyl (C=O) groups is 1. The Hall–Kier alpha value is -1.47. The molecule has 1 saturated carbocycles. The predicted octanol–water partition coefficient (Wildman–Crippen LogP) is 2.67. The van der Waals surface area contributed by atoms with Crippen molar-refractivity contribution in [1.82, 2.24) is 9.62 Å². The summed E-state index contributed by atoms with van der Waals surface area (Å²) in [6.45, 7) is 0.806. The van der Waals surface area contributed by atoms with Gasteiger partial charge < -0.3 is 5.32 Å². The molecule has 0 bridgehead atoms. The summed E-state index contributed by atoms with van der Waals surface area (Å²) in [5.74, 6) is -1.14. The van der Waals surface area contributed by atoms with E-state index in [1.165, 1.54) is 16.4 Å². The molecular weight excluding hydrogens is 331 g/mol. The number of nitrogens with one attached hydrogen (secondary N) is 1. The number of piperidine rings is 1. The first-order chi connectivity index (χ1) is 11.5. The molecule has 1 aromatic rings. The number of sulfonamides is 1. The van der Waals surface area contributed by atoms with E-state index in [4.69, 9.17) is 0 Å².